The molecular formula is C10H11FN2O4S. The van der Waals surface area contributed by atoms with Gasteiger partial charge in [0.2, 0.25) is 10.0 Å². The zero-order valence-electron chi connectivity index (χ0n) is 9.21. The zero-order valence-corrected chi connectivity index (χ0v) is 10.0. The van der Waals surface area contributed by atoms with Crippen LogP contribution in [0.15, 0.2) is 23.4 Å². The maximum absolute atomic E-state index is 12.9. The lowest BCUT2D eigenvalue weighted by atomic mass is 9.81. The molecule has 1 aromatic heterocycles. The van der Waals surface area contributed by atoms with Gasteiger partial charge in [0, 0.05) is 12.2 Å². The average molecular weight is 274 g/mol. The Kier molecular flexibility index (Phi) is 3.31. The molecule has 1 aliphatic carbocycles. The van der Waals surface area contributed by atoms with E-state index < -0.39 is 33.8 Å². The molecule has 0 amide bonds. The van der Waals surface area contributed by atoms with E-state index in [-0.39, 0.29) is 17.7 Å². The minimum atomic E-state index is -3.84. The lowest BCUT2D eigenvalue weighted by Crippen LogP contribution is -2.46. The molecule has 0 aliphatic heterocycles. The minimum Gasteiger partial charge on any atom is -0.481 e. The fraction of sp³-hybridized carbons (Fsp3) is 0.400. The molecule has 0 atom stereocenters. The molecule has 1 aromatic rings. The standard InChI is InChI=1S/C10H11FN2O4S/c11-7-3-9(5-12-4-7)18(16,17)13-8-1-6(2-8)10(14)15/h3-6,8,13H,1-2H2,(H,14,15). The molecule has 0 aromatic carbocycles. The van der Waals surface area contributed by atoms with Gasteiger partial charge in [-0.3, -0.25) is 9.78 Å². The van der Waals surface area contributed by atoms with E-state index in [1.807, 2.05) is 0 Å². The second-order valence-corrected chi connectivity index (χ2v) is 5.88. The van der Waals surface area contributed by atoms with Crippen molar-refractivity contribution in [1.29, 1.82) is 0 Å². The number of hydrogen-bond donors (Lipinski definition) is 2. The normalized spacial score (nSPS) is 23.4. The number of aromatic nitrogens is 1. The molecule has 0 unspecified atom stereocenters. The number of aliphatic carboxylic acids is 1. The van der Waals surface area contributed by atoms with Crippen molar-refractivity contribution in [1.82, 2.24) is 9.71 Å². The molecular weight excluding hydrogens is 263 g/mol. The van der Waals surface area contributed by atoms with Crippen molar-refractivity contribution in [3.05, 3.63) is 24.3 Å². The fourth-order valence-corrected chi connectivity index (χ4v) is 2.98. The van der Waals surface area contributed by atoms with Crippen LogP contribution in [0.4, 0.5) is 4.39 Å². The molecule has 1 heterocycles. The first-order chi connectivity index (χ1) is 8.38. The molecule has 1 saturated carbocycles. The van der Waals surface area contributed by atoms with Crippen molar-refractivity contribution in [2.75, 3.05) is 0 Å². The van der Waals surface area contributed by atoms with Crippen molar-refractivity contribution in [2.45, 2.75) is 23.8 Å². The van der Waals surface area contributed by atoms with E-state index in [0.717, 1.165) is 18.5 Å². The number of halogens is 1. The van der Waals surface area contributed by atoms with Gasteiger partial charge >= 0.3 is 5.97 Å². The highest BCUT2D eigenvalue weighted by Crippen LogP contribution is 2.28. The van der Waals surface area contributed by atoms with E-state index in [2.05, 4.69) is 9.71 Å². The topological polar surface area (TPSA) is 96.4 Å². The second-order valence-electron chi connectivity index (χ2n) is 4.16. The Morgan fingerprint density at radius 2 is 2.11 bits per heavy atom. The summed E-state index contributed by atoms with van der Waals surface area (Å²) in [7, 11) is -3.84. The Morgan fingerprint density at radius 3 is 2.67 bits per heavy atom. The fourth-order valence-electron chi connectivity index (χ4n) is 1.74. The first-order valence-corrected chi connectivity index (χ1v) is 6.72. The van der Waals surface area contributed by atoms with Gasteiger partial charge in [-0.15, -0.1) is 0 Å². The van der Waals surface area contributed by atoms with Crippen molar-refractivity contribution >= 4 is 16.0 Å². The van der Waals surface area contributed by atoms with Gasteiger partial charge in [0.25, 0.3) is 0 Å². The third kappa shape index (κ3) is 2.65. The Balaban J connectivity index is 2.03. The van der Waals surface area contributed by atoms with Crippen LogP contribution in [-0.2, 0) is 14.8 Å². The number of pyridine rings is 1. The van der Waals surface area contributed by atoms with E-state index >= 15 is 0 Å². The number of nitrogens with zero attached hydrogens (tertiary/aromatic N) is 1. The Hall–Kier alpha value is -1.54. The van der Waals surface area contributed by atoms with Crippen molar-refractivity contribution in [3.8, 4) is 0 Å². The molecule has 8 heteroatoms. The summed E-state index contributed by atoms with van der Waals surface area (Å²) in [5.41, 5.74) is 0. The third-order valence-electron chi connectivity index (χ3n) is 2.80. The highest BCUT2D eigenvalue weighted by molar-refractivity contribution is 7.89. The summed E-state index contributed by atoms with van der Waals surface area (Å²) in [6.45, 7) is 0. The van der Waals surface area contributed by atoms with E-state index in [4.69, 9.17) is 5.11 Å². The molecule has 1 aliphatic rings. The summed E-state index contributed by atoms with van der Waals surface area (Å²) in [4.78, 5) is 13.8. The maximum atomic E-state index is 12.9. The van der Waals surface area contributed by atoms with Crippen molar-refractivity contribution < 1.29 is 22.7 Å². The monoisotopic (exact) mass is 274 g/mol. The van der Waals surface area contributed by atoms with Crippen LogP contribution in [0.3, 0.4) is 0 Å². The SMILES string of the molecule is O=C(O)C1CC(NS(=O)(=O)c2cncc(F)c2)C1. The van der Waals surface area contributed by atoms with Gasteiger partial charge in [0.15, 0.2) is 0 Å². The summed E-state index contributed by atoms with van der Waals surface area (Å²) in [5, 5.41) is 8.67. The zero-order chi connectivity index (χ0) is 13.3. The highest BCUT2D eigenvalue weighted by Gasteiger charge is 2.37. The van der Waals surface area contributed by atoms with E-state index in [0.29, 0.717) is 0 Å². The largest absolute Gasteiger partial charge is 0.481 e. The lowest BCUT2D eigenvalue weighted by molar-refractivity contribution is -0.145. The van der Waals surface area contributed by atoms with Crippen LogP contribution in [0.25, 0.3) is 0 Å². The van der Waals surface area contributed by atoms with Gasteiger partial charge < -0.3 is 5.11 Å². The van der Waals surface area contributed by atoms with Gasteiger partial charge in [-0.2, -0.15) is 0 Å². The van der Waals surface area contributed by atoms with Crippen LogP contribution >= 0.6 is 0 Å². The Labute approximate surface area is 103 Å². The molecule has 1 fully saturated rings. The Morgan fingerprint density at radius 1 is 1.44 bits per heavy atom. The van der Waals surface area contributed by atoms with E-state index in [1.54, 1.807) is 0 Å². The number of carboxylic acids is 1. The first kappa shape index (κ1) is 12.9. The summed E-state index contributed by atoms with van der Waals surface area (Å²) >= 11 is 0. The van der Waals surface area contributed by atoms with Crippen LogP contribution in [-0.4, -0.2) is 30.5 Å². The molecule has 2 rings (SSSR count). The predicted octanol–water partition coefficient (Wildman–Crippen LogP) is 0.362. The van der Waals surface area contributed by atoms with Gasteiger partial charge in [-0.1, -0.05) is 0 Å². The third-order valence-corrected chi connectivity index (χ3v) is 4.29. The Bertz CT molecular complexity index is 569. The molecule has 18 heavy (non-hydrogen) atoms. The molecule has 6 nitrogen and oxygen atoms in total. The molecule has 0 radical (unpaired) electrons. The first-order valence-electron chi connectivity index (χ1n) is 5.24. The van der Waals surface area contributed by atoms with Gasteiger partial charge in [0.1, 0.15) is 10.7 Å². The number of nitrogens with one attached hydrogen (secondary N) is 1. The van der Waals surface area contributed by atoms with Crippen LogP contribution in [0.1, 0.15) is 12.8 Å². The second kappa shape index (κ2) is 4.62. The van der Waals surface area contributed by atoms with Crippen molar-refractivity contribution in [2.24, 2.45) is 5.92 Å². The average Bonchev–Trinajstić information content (AvgIpc) is 2.22. The number of rotatable bonds is 4. The molecule has 98 valence electrons. The predicted molar refractivity (Wildman–Crippen MR) is 58.7 cm³/mol. The molecule has 0 saturated heterocycles. The number of sulfonamides is 1. The summed E-state index contributed by atoms with van der Waals surface area (Å²) in [5.74, 6) is -2.18. The molecule has 0 bridgehead atoms. The molecule has 2 N–H and O–H groups in total. The van der Waals surface area contributed by atoms with Gasteiger partial charge in [-0.05, 0) is 18.9 Å². The van der Waals surface area contributed by atoms with Crippen LogP contribution in [0, 0.1) is 11.7 Å². The van der Waals surface area contributed by atoms with Crippen LogP contribution < -0.4 is 4.72 Å². The highest BCUT2D eigenvalue weighted by atomic mass is 32.2. The van der Waals surface area contributed by atoms with E-state index in [1.165, 1.54) is 0 Å². The van der Waals surface area contributed by atoms with Gasteiger partial charge in [0.05, 0.1) is 12.1 Å². The number of carboxylic acid groups (broad SMARTS) is 1. The number of carbonyl (C=O) groups is 1. The van der Waals surface area contributed by atoms with Crippen LogP contribution in [0.2, 0.25) is 0 Å². The van der Waals surface area contributed by atoms with Crippen LogP contribution in [0.5, 0.6) is 0 Å². The summed E-state index contributed by atoms with van der Waals surface area (Å²) in [6.07, 6.45) is 2.44. The maximum Gasteiger partial charge on any atom is 0.306 e. The minimum absolute atomic E-state index is 0.247. The van der Waals surface area contributed by atoms with E-state index in [9.17, 15) is 17.6 Å². The van der Waals surface area contributed by atoms with Gasteiger partial charge in [-0.25, -0.2) is 17.5 Å². The summed E-state index contributed by atoms with van der Waals surface area (Å²) in [6, 6.07) is 0.447. The smallest absolute Gasteiger partial charge is 0.306 e. The summed E-state index contributed by atoms with van der Waals surface area (Å²) < 4.78 is 38.8. The number of hydrogen-bond acceptors (Lipinski definition) is 4. The molecule has 0 spiro atoms. The quantitative estimate of drug-likeness (QED) is 0.826. The van der Waals surface area contributed by atoms with Crippen molar-refractivity contribution in [3.63, 3.8) is 0 Å². The lowest BCUT2D eigenvalue weighted by Gasteiger charge is -2.32.